The van der Waals surface area contributed by atoms with E-state index in [9.17, 15) is 4.79 Å². The first-order valence-electron chi connectivity index (χ1n) is 5.80. The number of rotatable bonds is 7. The number of carbonyl (C=O) groups is 1. The van der Waals surface area contributed by atoms with Crippen LogP contribution >= 0.6 is 11.6 Å². The molecule has 0 fully saturated rings. The summed E-state index contributed by atoms with van der Waals surface area (Å²) in [5, 5.41) is 2.82. The molecule has 0 radical (unpaired) electrons. The summed E-state index contributed by atoms with van der Waals surface area (Å²) in [6.45, 7) is 3.25. The first kappa shape index (κ1) is 13.8. The van der Waals surface area contributed by atoms with E-state index in [4.69, 9.17) is 16.3 Å². The number of carbonyl (C=O) groups excluding carboxylic acids is 1. The highest BCUT2D eigenvalue weighted by Crippen LogP contribution is 2.13. The number of hydrogen-bond acceptors (Lipinski definition) is 2. The topological polar surface area (TPSA) is 38.3 Å². The zero-order valence-corrected chi connectivity index (χ0v) is 10.8. The molecule has 17 heavy (non-hydrogen) atoms. The van der Waals surface area contributed by atoms with Crippen molar-refractivity contribution in [3.05, 3.63) is 29.8 Å². The third-order valence-electron chi connectivity index (χ3n) is 2.27. The molecule has 1 aromatic rings. The van der Waals surface area contributed by atoms with Gasteiger partial charge in [-0.2, -0.15) is 0 Å². The molecule has 0 spiro atoms. The van der Waals surface area contributed by atoms with Crippen molar-refractivity contribution in [3.63, 3.8) is 0 Å². The molecule has 0 aliphatic carbocycles. The molecule has 0 aliphatic rings. The van der Waals surface area contributed by atoms with Crippen molar-refractivity contribution >= 4 is 17.5 Å². The van der Waals surface area contributed by atoms with Gasteiger partial charge in [0.05, 0.1) is 6.61 Å². The van der Waals surface area contributed by atoms with Gasteiger partial charge >= 0.3 is 0 Å². The molecule has 4 heteroatoms. The minimum Gasteiger partial charge on any atom is -0.494 e. The third kappa shape index (κ3) is 5.59. The quantitative estimate of drug-likeness (QED) is 0.760. The van der Waals surface area contributed by atoms with Gasteiger partial charge in [-0.1, -0.05) is 12.1 Å². The smallest absolute Gasteiger partial charge is 0.221 e. The average Bonchev–Trinajstić information content (AvgIpc) is 2.30. The first-order chi connectivity index (χ1) is 8.26. The maximum Gasteiger partial charge on any atom is 0.221 e. The van der Waals surface area contributed by atoms with E-state index in [-0.39, 0.29) is 5.91 Å². The van der Waals surface area contributed by atoms with E-state index in [0.29, 0.717) is 25.5 Å². The fourth-order valence-corrected chi connectivity index (χ4v) is 1.65. The van der Waals surface area contributed by atoms with Crippen molar-refractivity contribution in [1.29, 1.82) is 0 Å². The monoisotopic (exact) mass is 255 g/mol. The van der Waals surface area contributed by atoms with Crippen LogP contribution in [0.3, 0.4) is 0 Å². The van der Waals surface area contributed by atoms with Gasteiger partial charge in [-0.3, -0.25) is 4.79 Å². The first-order valence-corrected chi connectivity index (χ1v) is 6.34. The molecule has 0 bridgehead atoms. The van der Waals surface area contributed by atoms with Crippen molar-refractivity contribution in [2.24, 2.45) is 0 Å². The number of nitrogens with one attached hydrogen (secondary N) is 1. The van der Waals surface area contributed by atoms with Gasteiger partial charge < -0.3 is 10.1 Å². The largest absolute Gasteiger partial charge is 0.494 e. The maximum absolute atomic E-state index is 11.2. The number of benzene rings is 1. The summed E-state index contributed by atoms with van der Waals surface area (Å²) in [4.78, 5) is 11.2. The molecule has 0 aromatic heterocycles. The lowest BCUT2D eigenvalue weighted by atomic mass is 10.1. The van der Waals surface area contributed by atoms with Crippen LogP contribution in [-0.2, 0) is 11.2 Å². The molecule has 94 valence electrons. The fraction of sp³-hybridized carbons (Fsp3) is 0.462. The highest BCUT2D eigenvalue weighted by Gasteiger charge is 2.00. The van der Waals surface area contributed by atoms with Crippen LogP contribution in [0, 0.1) is 0 Å². The molecule has 0 saturated carbocycles. The number of amides is 1. The standard InChI is InChI=1S/C13H18ClNO2/c1-2-17-12-5-3-4-11(10-12)7-9-15-13(16)6-8-14/h3-5,10H,2,6-9H2,1H3,(H,15,16). The molecule has 0 atom stereocenters. The Kier molecular flexibility index (Phi) is 6.48. The lowest BCUT2D eigenvalue weighted by molar-refractivity contribution is -0.120. The van der Waals surface area contributed by atoms with Gasteiger partial charge in [-0.05, 0) is 31.0 Å². The van der Waals surface area contributed by atoms with Gasteiger partial charge in [-0.15, -0.1) is 11.6 Å². The summed E-state index contributed by atoms with van der Waals surface area (Å²) in [5.41, 5.74) is 1.15. The molecule has 0 saturated heterocycles. The second kappa shape index (κ2) is 7.96. The average molecular weight is 256 g/mol. The van der Waals surface area contributed by atoms with Crippen LogP contribution in [0.4, 0.5) is 0 Å². The second-order valence-corrected chi connectivity index (χ2v) is 4.00. The zero-order chi connectivity index (χ0) is 12.5. The predicted octanol–water partition coefficient (Wildman–Crippen LogP) is 2.37. The summed E-state index contributed by atoms with van der Waals surface area (Å²) in [7, 11) is 0. The van der Waals surface area contributed by atoms with Crippen LogP contribution in [-0.4, -0.2) is 24.9 Å². The Morgan fingerprint density at radius 1 is 1.47 bits per heavy atom. The van der Waals surface area contributed by atoms with Crippen LogP contribution in [0.25, 0.3) is 0 Å². The lowest BCUT2D eigenvalue weighted by Gasteiger charge is -2.07. The van der Waals surface area contributed by atoms with Gasteiger partial charge in [0.25, 0.3) is 0 Å². The van der Waals surface area contributed by atoms with Crippen molar-refractivity contribution in [2.75, 3.05) is 19.0 Å². The van der Waals surface area contributed by atoms with Crippen LogP contribution in [0.5, 0.6) is 5.75 Å². The fourth-order valence-electron chi connectivity index (χ4n) is 1.48. The minimum absolute atomic E-state index is 0.000891. The van der Waals surface area contributed by atoms with Gasteiger partial charge in [0.2, 0.25) is 5.91 Å². The summed E-state index contributed by atoms with van der Waals surface area (Å²) < 4.78 is 5.41. The van der Waals surface area contributed by atoms with E-state index in [1.54, 1.807) is 0 Å². The highest BCUT2D eigenvalue weighted by molar-refractivity contribution is 6.18. The van der Waals surface area contributed by atoms with Crippen LogP contribution in [0.2, 0.25) is 0 Å². The SMILES string of the molecule is CCOc1cccc(CCNC(=O)CCCl)c1. The minimum atomic E-state index is 0.000891. The van der Waals surface area contributed by atoms with E-state index in [2.05, 4.69) is 5.32 Å². The van der Waals surface area contributed by atoms with Crippen molar-refractivity contribution in [2.45, 2.75) is 19.8 Å². The van der Waals surface area contributed by atoms with Crippen molar-refractivity contribution in [1.82, 2.24) is 5.32 Å². The molecule has 1 amide bonds. The Morgan fingerprint density at radius 2 is 2.29 bits per heavy atom. The Morgan fingerprint density at radius 3 is 3.00 bits per heavy atom. The Labute approximate surface area is 107 Å². The summed E-state index contributed by atoms with van der Waals surface area (Å²) in [6, 6.07) is 7.91. The molecule has 0 aliphatic heterocycles. The van der Waals surface area contributed by atoms with Gasteiger partial charge in [0.15, 0.2) is 0 Å². The van der Waals surface area contributed by atoms with Crippen molar-refractivity contribution in [3.8, 4) is 5.75 Å². The van der Waals surface area contributed by atoms with Crippen LogP contribution < -0.4 is 10.1 Å². The molecule has 0 heterocycles. The van der Waals surface area contributed by atoms with Crippen molar-refractivity contribution < 1.29 is 9.53 Å². The summed E-state index contributed by atoms with van der Waals surface area (Å²) in [6.07, 6.45) is 1.18. The van der Waals surface area contributed by atoms with Crippen LogP contribution in [0.1, 0.15) is 18.9 Å². The molecular weight excluding hydrogens is 238 g/mol. The molecule has 3 nitrogen and oxygen atoms in total. The molecule has 0 unspecified atom stereocenters. The van der Waals surface area contributed by atoms with E-state index >= 15 is 0 Å². The molecular formula is C13H18ClNO2. The molecule has 1 N–H and O–H groups in total. The van der Waals surface area contributed by atoms with Gasteiger partial charge in [0, 0.05) is 18.8 Å². The zero-order valence-electron chi connectivity index (χ0n) is 10.0. The van der Waals surface area contributed by atoms with Gasteiger partial charge in [-0.25, -0.2) is 0 Å². The van der Waals surface area contributed by atoms with E-state index in [1.807, 2.05) is 31.2 Å². The normalized spacial score (nSPS) is 10.0. The number of halogens is 1. The lowest BCUT2D eigenvalue weighted by Crippen LogP contribution is -2.25. The maximum atomic E-state index is 11.2. The number of alkyl halides is 1. The predicted molar refractivity (Wildman–Crippen MR) is 69.7 cm³/mol. The number of hydrogen-bond donors (Lipinski definition) is 1. The Bertz CT molecular complexity index is 355. The summed E-state index contributed by atoms with van der Waals surface area (Å²) in [5.74, 6) is 1.24. The Balaban J connectivity index is 2.35. The van der Waals surface area contributed by atoms with Gasteiger partial charge in [0.1, 0.15) is 5.75 Å². The Hall–Kier alpha value is -1.22. The molecule has 1 rings (SSSR count). The van der Waals surface area contributed by atoms with E-state index in [1.165, 1.54) is 0 Å². The second-order valence-electron chi connectivity index (χ2n) is 3.62. The van der Waals surface area contributed by atoms with E-state index < -0.39 is 0 Å². The number of ether oxygens (including phenoxy) is 1. The van der Waals surface area contributed by atoms with E-state index in [0.717, 1.165) is 17.7 Å². The third-order valence-corrected chi connectivity index (χ3v) is 2.46. The van der Waals surface area contributed by atoms with Crippen LogP contribution in [0.15, 0.2) is 24.3 Å². The summed E-state index contributed by atoms with van der Waals surface area (Å²) >= 11 is 5.47. The molecule has 1 aromatic carbocycles. The highest BCUT2D eigenvalue weighted by atomic mass is 35.5.